The lowest BCUT2D eigenvalue weighted by atomic mass is 10.0. The second-order valence-electron chi connectivity index (χ2n) is 4.50. The van der Waals surface area contributed by atoms with Crippen LogP contribution in [-0.4, -0.2) is 7.05 Å². The monoisotopic (exact) mass is 309 g/mol. The van der Waals surface area contributed by atoms with E-state index in [1.165, 1.54) is 5.56 Å². The van der Waals surface area contributed by atoms with Gasteiger partial charge >= 0.3 is 0 Å². The zero-order chi connectivity index (χ0) is 14.5. The number of rotatable bonds is 5. The molecule has 4 heteroatoms. The van der Waals surface area contributed by atoms with E-state index < -0.39 is 0 Å². The SMILES string of the molecule is CCC(NC)c1cccc(Oc2ccc(Cl)c(Cl)c2)c1. The highest BCUT2D eigenvalue weighted by atomic mass is 35.5. The standard InChI is InChI=1S/C16H17Cl2NO/c1-3-16(19-2)11-5-4-6-12(9-11)20-13-7-8-14(17)15(18)10-13/h4-10,16,19H,3H2,1-2H3. The maximum absolute atomic E-state index is 5.98. The lowest BCUT2D eigenvalue weighted by molar-refractivity contribution is 0.479. The Labute approximate surface area is 129 Å². The summed E-state index contributed by atoms with van der Waals surface area (Å²) in [6, 6.07) is 13.6. The van der Waals surface area contributed by atoms with Gasteiger partial charge in [0.05, 0.1) is 10.0 Å². The highest BCUT2D eigenvalue weighted by Gasteiger charge is 2.08. The first kappa shape index (κ1) is 15.2. The van der Waals surface area contributed by atoms with Crippen molar-refractivity contribution in [2.24, 2.45) is 0 Å². The van der Waals surface area contributed by atoms with E-state index in [1.807, 2.05) is 25.2 Å². The summed E-state index contributed by atoms with van der Waals surface area (Å²) in [6.07, 6.45) is 1.02. The summed E-state index contributed by atoms with van der Waals surface area (Å²) in [5.74, 6) is 1.46. The van der Waals surface area contributed by atoms with Gasteiger partial charge in [-0.3, -0.25) is 0 Å². The molecule has 0 radical (unpaired) electrons. The minimum atomic E-state index is 0.326. The van der Waals surface area contributed by atoms with Crippen LogP contribution in [0.4, 0.5) is 0 Å². The third-order valence-corrected chi connectivity index (χ3v) is 3.88. The molecule has 0 aromatic heterocycles. The molecule has 2 nitrogen and oxygen atoms in total. The van der Waals surface area contributed by atoms with Crippen LogP contribution in [0.1, 0.15) is 24.9 Å². The van der Waals surface area contributed by atoms with E-state index in [0.29, 0.717) is 21.8 Å². The first-order valence-electron chi connectivity index (χ1n) is 6.54. The first-order valence-corrected chi connectivity index (χ1v) is 7.29. The summed E-state index contributed by atoms with van der Waals surface area (Å²) in [4.78, 5) is 0. The number of ether oxygens (including phenoxy) is 1. The second-order valence-corrected chi connectivity index (χ2v) is 5.31. The molecular formula is C16H17Cl2NO. The normalized spacial score (nSPS) is 12.2. The molecule has 20 heavy (non-hydrogen) atoms. The molecule has 0 aliphatic rings. The van der Waals surface area contributed by atoms with E-state index in [2.05, 4.69) is 18.3 Å². The lowest BCUT2D eigenvalue weighted by Crippen LogP contribution is -2.14. The Hall–Kier alpha value is -1.22. The maximum Gasteiger partial charge on any atom is 0.129 e. The second kappa shape index (κ2) is 6.98. The van der Waals surface area contributed by atoms with Gasteiger partial charge in [-0.2, -0.15) is 0 Å². The highest BCUT2D eigenvalue weighted by molar-refractivity contribution is 6.42. The van der Waals surface area contributed by atoms with Crippen LogP contribution in [0.3, 0.4) is 0 Å². The number of hydrogen-bond acceptors (Lipinski definition) is 2. The molecule has 2 aromatic carbocycles. The van der Waals surface area contributed by atoms with Crippen molar-refractivity contribution >= 4 is 23.2 Å². The van der Waals surface area contributed by atoms with Crippen molar-refractivity contribution < 1.29 is 4.74 Å². The Morgan fingerprint density at radius 1 is 1.05 bits per heavy atom. The fourth-order valence-electron chi connectivity index (χ4n) is 2.08. The van der Waals surface area contributed by atoms with Gasteiger partial charge in [0.1, 0.15) is 11.5 Å². The summed E-state index contributed by atoms with van der Waals surface area (Å²) >= 11 is 11.9. The average molecular weight is 310 g/mol. The molecule has 1 atom stereocenters. The molecule has 0 fully saturated rings. The van der Waals surface area contributed by atoms with E-state index >= 15 is 0 Å². The predicted octanol–water partition coefficient (Wildman–Crippen LogP) is 5.46. The van der Waals surface area contributed by atoms with Crippen molar-refractivity contribution in [3.63, 3.8) is 0 Å². The molecule has 0 spiro atoms. The molecule has 0 amide bonds. The summed E-state index contributed by atoms with van der Waals surface area (Å²) in [5, 5.41) is 4.29. The summed E-state index contributed by atoms with van der Waals surface area (Å²) in [6.45, 7) is 2.15. The van der Waals surface area contributed by atoms with Crippen molar-refractivity contribution in [2.75, 3.05) is 7.05 Å². The molecule has 0 saturated heterocycles. The quantitative estimate of drug-likeness (QED) is 0.792. The van der Waals surface area contributed by atoms with Gasteiger partial charge in [0.15, 0.2) is 0 Å². The van der Waals surface area contributed by atoms with Crippen molar-refractivity contribution in [2.45, 2.75) is 19.4 Å². The average Bonchev–Trinajstić information content (AvgIpc) is 2.45. The van der Waals surface area contributed by atoms with Gasteiger partial charge in [-0.05, 0) is 43.3 Å². The van der Waals surface area contributed by atoms with E-state index in [0.717, 1.165) is 12.2 Å². The van der Waals surface area contributed by atoms with Gasteiger partial charge in [-0.1, -0.05) is 42.3 Å². The van der Waals surface area contributed by atoms with Gasteiger partial charge in [0.2, 0.25) is 0 Å². The van der Waals surface area contributed by atoms with Crippen LogP contribution in [0.2, 0.25) is 10.0 Å². The fraction of sp³-hybridized carbons (Fsp3) is 0.250. The fourth-order valence-corrected chi connectivity index (χ4v) is 2.37. The third-order valence-electron chi connectivity index (χ3n) is 3.14. The molecule has 1 unspecified atom stereocenters. The van der Waals surface area contributed by atoms with Crippen molar-refractivity contribution in [3.05, 3.63) is 58.1 Å². The Kier molecular flexibility index (Phi) is 5.30. The van der Waals surface area contributed by atoms with Crippen LogP contribution in [0, 0.1) is 0 Å². The number of nitrogens with one attached hydrogen (secondary N) is 1. The summed E-state index contributed by atoms with van der Waals surface area (Å²) in [7, 11) is 1.96. The van der Waals surface area contributed by atoms with Crippen molar-refractivity contribution in [1.29, 1.82) is 0 Å². The summed E-state index contributed by atoms with van der Waals surface area (Å²) < 4.78 is 5.82. The first-order chi connectivity index (χ1) is 9.63. The Morgan fingerprint density at radius 2 is 1.80 bits per heavy atom. The topological polar surface area (TPSA) is 21.3 Å². The molecule has 0 bridgehead atoms. The minimum Gasteiger partial charge on any atom is -0.457 e. The van der Waals surface area contributed by atoms with Gasteiger partial charge in [-0.25, -0.2) is 0 Å². The largest absolute Gasteiger partial charge is 0.457 e. The van der Waals surface area contributed by atoms with Crippen molar-refractivity contribution in [3.8, 4) is 11.5 Å². The third kappa shape index (κ3) is 3.66. The summed E-state index contributed by atoms with van der Waals surface area (Å²) in [5.41, 5.74) is 1.20. The van der Waals surface area contributed by atoms with Crippen LogP contribution in [-0.2, 0) is 0 Å². The highest BCUT2D eigenvalue weighted by Crippen LogP contribution is 2.30. The maximum atomic E-state index is 5.98. The van der Waals surface area contributed by atoms with E-state index in [9.17, 15) is 0 Å². The molecule has 0 heterocycles. The Balaban J connectivity index is 2.21. The molecule has 0 aliphatic carbocycles. The van der Waals surface area contributed by atoms with Crippen LogP contribution >= 0.6 is 23.2 Å². The van der Waals surface area contributed by atoms with E-state index in [-0.39, 0.29) is 0 Å². The zero-order valence-corrected chi connectivity index (χ0v) is 13.0. The van der Waals surface area contributed by atoms with Crippen molar-refractivity contribution in [1.82, 2.24) is 5.32 Å². The van der Waals surface area contributed by atoms with Gasteiger partial charge in [-0.15, -0.1) is 0 Å². The van der Waals surface area contributed by atoms with E-state index in [4.69, 9.17) is 27.9 Å². The van der Waals surface area contributed by atoms with Gasteiger partial charge < -0.3 is 10.1 Å². The molecule has 2 aromatic rings. The molecule has 0 saturated carbocycles. The Bertz CT molecular complexity index is 582. The van der Waals surface area contributed by atoms with E-state index in [1.54, 1.807) is 18.2 Å². The minimum absolute atomic E-state index is 0.326. The van der Waals surface area contributed by atoms with Gasteiger partial charge in [0.25, 0.3) is 0 Å². The smallest absolute Gasteiger partial charge is 0.129 e. The molecule has 1 N–H and O–H groups in total. The number of benzene rings is 2. The molecular weight excluding hydrogens is 293 g/mol. The zero-order valence-electron chi connectivity index (χ0n) is 11.5. The van der Waals surface area contributed by atoms with Crippen LogP contribution < -0.4 is 10.1 Å². The number of hydrogen-bond donors (Lipinski definition) is 1. The predicted molar refractivity (Wildman–Crippen MR) is 85.1 cm³/mol. The molecule has 0 aliphatic heterocycles. The molecule has 2 rings (SSSR count). The van der Waals surface area contributed by atoms with Crippen LogP contribution in [0.15, 0.2) is 42.5 Å². The number of halogens is 2. The Morgan fingerprint density at radius 3 is 2.45 bits per heavy atom. The lowest BCUT2D eigenvalue weighted by Gasteiger charge is -2.15. The van der Waals surface area contributed by atoms with Gasteiger partial charge in [0, 0.05) is 12.1 Å². The molecule has 106 valence electrons. The van der Waals surface area contributed by atoms with Crippen LogP contribution in [0.25, 0.3) is 0 Å². The van der Waals surface area contributed by atoms with Crippen LogP contribution in [0.5, 0.6) is 11.5 Å².